The molecule has 2 aromatic rings. The highest BCUT2D eigenvalue weighted by molar-refractivity contribution is 7.15. The molecule has 3 rings (SSSR count). The Morgan fingerprint density at radius 3 is 2.50 bits per heavy atom. The summed E-state index contributed by atoms with van der Waals surface area (Å²) >= 11 is 1.36. The largest absolute Gasteiger partial charge is 0.465 e. The lowest BCUT2D eigenvalue weighted by molar-refractivity contribution is -0.117. The molecule has 1 fully saturated rings. The van der Waals surface area contributed by atoms with Crippen LogP contribution in [0.5, 0.6) is 0 Å². The molecule has 1 amide bonds. The summed E-state index contributed by atoms with van der Waals surface area (Å²) in [4.78, 5) is 26.9. The molecule has 2 heterocycles. The third-order valence-electron chi connectivity index (χ3n) is 4.61. The molecule has 138 valence electrons. The van der Waals surface area contributed by atoms with Crippen LogP contribution in [-0.2, 0) is 9.53 Å². The highest BCUT2D eigenvalue weighted by Crippen LogP contribution is 2.36. The number of likely N-dealkylation sites (tertiary alicyclic amines) is 1. The molecule has 0 bridgehead atoms. The summed E-state index contributed by atoms with van der Waals surface area (Å²) in [7, 11) is 1.36. The van der Waals surface area contributed by atoms with Crippen molar-refractivity contribution in [2.75, 3.05) is 32.1 Å². The molecule has 1 N–H and O–H groups in total. The molecule has 0 saturated carbocycles. The van der Waals surface area contributed by atoms with Crippen LogP contribution in [0.25, 0.3) is 11.1 Å². The van der Waals surface area contributed by atoms with Gasteiger partial charge in [-0.2, -0.15) is 0 Å². The highest BCUT2D eigenvalue weighted by atomic mass is 32.1. The topological polar surface area (TPSA) is 58.6 Å². The molecule has 1 aliphatic rings. The third kappa shape index (κ3) is 4.31. The van der Waals surface area contributed by atoms with Gasteiger partial charge in [-0.15, -0.1) is 11.3 Å². The number of thiophene rings is 1. The predicted molar refractivity (Wildman–Crippen MR) is 105 cm³/mol. The molecule has 0 atom stereocenters. The number of aryl methyl sites for hydroxylation is 1. The van der Waals surface area contributed by atoms with Gasteiger partial charge in [0, 0.05) is 10.9 Å². The minimum Gasteiger partial charge on any atom is -0.465 e. The van der Waals surface area contributed by atoms with Crippen molar-refractivity contribution in [2.45, 2.75) is 26.2 Å². The molecular formula is C20H24N2O3S. The number of benzene rings is 1. The summed E-state index contributed by atoms with van der Waals surface area (Å²) in [6, 6.07) is 7.96. The second-order valence-corrected chi connectivity index (χ2v) is 7.48. The van der Waals surface area contributed by atoms with Crippen LogP contribution < -0.4 is 5.32 Å². The van der Waals surface area contributed by atoms with Gasteiger partial charge in [0.2, 0.25) is 5.91 Å². The standard InChI is InChI=1S/C20H24N2O3S/c1-14-6-8-15(9-7-14)16-13-26-19(18(16)20(24)25-2)21-17(23)12-22-10-4-3-5-11-22/h6-9,13H,3-5,10-12H2,1-2H3,(H,21,23). The lowest BCUT2D eigenvalue weighted by Crippen LogP contribution is -2.36. The summed E-state index contributed by atoms with van der Waals surface area (Å²) in [5.41, 5.74) is 3.30. The molecule has 6 heteroatoms. The van der Waals surface area contributed by atoms with Crippen molar-refractivity contribution in [3.05, 3.63) is 40.8 Å². The minimum absolute atomic E-state index is 0.0886. The van der Waals surface area contributed by atoms with Gasteiger partial charge in [-0.05, 0) is 38.4 Å². The zero-order valence-electron chi connectivity index (χ0n) is 15.2. The molecule has 5 nitrogen and oxygen atoms in total. The number of methoxy groups -OCH3 is 1. The fourth-order valence-electron chi connectivity index (χ4n) is 3.19. The van der Waals surface area contributed by atoms with Crippen LogP contribution >= 0.6 is 11.3 Å². The quantitative estimate of drug-likeness (QED) is 0.808. The van der Waals surface area contributed by atoms with Crippen molar-refractivity contribution in [1.29, 1.82) is 0 Å². The number of carbonyl (C=O) groups excluding carboxylic acids is 2. The van der Waals surface area contributed by atoms with E-state index in [0.29, 0.717) is 17.1 Å². The van der Waals surface area contributed by atoms with Crippen molar-refractivity contribution >= 4 is 28.2 Å². The van der Waals surface area contributed by atoms with E-state index >= 15 is 0 Å². The molecule has 0 unspecified atom stereocenters. The molecule has 0 radical (unpaired) electrons. The van der Waals surface area contributed by atoms with E-state index in [2.05, 4.69) is 10.2 Å². The van der Waals surface area contributed by atoms with Gasteiger partial charge in [-0.1, -0.05) is 36.2 Å². The zero-order chi connectivity index (χ0) is 18.5. The first-order valence-electron chi connectivity index (χ1n) is 8.87. The number of hydrogen-bond donors (Lipinski definition) is 1. The van der Waals surface area contributed by atoms with Gasteiger partial charge in [-0.25, -0.2) is 4.79 Å². The van der Waals surface area contributed by atoms with Crippen molar-refractivity contribution < 1.29 is 14.3 Å². The Hall–Kier alpha value is -2.18. The molecule has 1 saturated heterocycles. The fourth-order valence-corrected chi connectivity index (χ4v) is 4.16. The van der Waals surface area contributed by atoms with Gasteiger partial charge >= 0.3 is 5.97 Å². The van der Waals surface area contributed by atoms with Crippen LogP contribution in [-0.4, -0.2) is 43.5 Å². The summed E-state index contributed by atoms with van der Waals surface area (Å²) in [5.74, 6) is -0.524. The van der Waals surface area contributed by atoms with E-state index in [9.17, 15) is 9.59 Å². The van der Waals surface area contributed by atoms with Crippen molar-refractivity contribution in [2.24, 2.45) is 0 Å². The summed E-state index contributed by atoms with van der Waals surface area (Å²) in [6.45, 7) is 4.29. The van der Waals surface area contributed by atoms with Crippen LogP contribution in [0, 0.1) is 6.92 Å². The molecule has 0 spiro atoms. The number of esters is 1. The van der Waals surface area contributed by atoms with E-state index in [1.165, 1.54) is 24.9 Å². The maximum absolute atomic E-state index is 12.4. The average Bonchev–Trinajstić information content (AvgIpc) is 3.06. The van der Waals surface area contributed by atoms with E-state index in [0.717, 1.165) is 42.6 Å². The number of nitrogens with zero attached hydrogens (tertiary/aromatic N) is 1. The molecule has 1 aromatic heterocycles. The number of rotatable bonds is 5. The molecule has 1 aromatic carbocycles. The SMILES string of the molecule is COC(=O)c1c(-c2ccc(C)cc2)csc1NC(=O)CN1CCCCC1. The maximum atomic E-state index is 12.4. The highest BCUT2D eigenvalue weighted by Gasteiger charge is 2.23. The first-order valence-corrected chi connectivity index (χ1v) is 9.75. The summed E-state index contributed by atoms with van der Waals surface area (Å²) in [6.07, 6.45) is 3.50. The zero-order valence-corrected chi connectivity index (χ0v) is 16.0. The number of ether oxygens (including phenoxy) is 1. The van der Waals surface area contributed by atoms with Crippen LogP contribution in [0.3, 0.4) is 0 Å². The van der Waals surface area contributed by atoms with Crippen molar-refractivity contribution in [1.82, 2.24) is 4.90 Å². The Labute approximate surface area is 158 Å². The molecule has 1 aliphatic heterocycles. The number of anilines is 1. The van der Waals surface area contributed by atoms with E-state index in [4.69, 9.17) is 4.74 Å². The molecular weight excluding hydrogens is 348 g/mol. The number of nitrogens with one attached hydrogen (secondary N) is 1. The Morgan fingerprint density at radius 2 is 1.85 bits per heavy atom. The van der Waals surface area contributed by atoms with Gasteiger partial charge < -0.3 is 10.1 Å². The number of amides is 1. The Bertz CT molecular complexity index is 777. The van der Waals surface area contributed by atoms with Gasteiger partial charge in [0.05, 0.1) is 13.7 Å². The van der Waals surface area contributed by atoms with Gasteiger partial charge in [-0.3, -0.25) is 9.69 Å². The lowest BCUT2D eigenvalue weighted by atomic mass is 10.0. The molecule has 26 heavy (non-hydrogen) atoms. The predicted octanol–water partition coefficient (Wildman–Crippen LogP) is 3.93. The van der Waals surface area contributed by atoms with Gasteiger partial charge in [0.15, 0.2) is 0 Å². The maximum Gasteiger partial charge on any atom is 0.341 e. The normalized spacial score (nSPS) is 14.8. The van der Waals surface area contributed by atoms with Crippen LogP contribution in [0.15, 0.2) is 29.6 Å². The number of hydrogen-bond acceptors (Lipinski definition) is 5. The Balaban J connectivity index is 1.81. The molecule has 0 aliphatic carbocycles. The second-order valence-electron chi connectivity index (χ2n) is 6.60. The number of piperidine rings is 1. The third-order valence-corrected chi connectivity index (χ3v) is 5.51. The first kappa shape index (κ1) is 18.6. The van der Waals surface area contributed by atoms with Crippen molar-refractivity contribution in [3.8, 4) is 11.1 Å². The van der Waals surface area contributed by atoms with E-state index < -0.39 is 5.97 Å². The van der Waals surface area contributed by atoms with Crippen LogP contribution in [0.1, 0.15) is 35.2 Å². The second kappa shape index (κ2) is 8.47. The Kier molecular flexibility index (Phi) is 6.06. The van der Waals surface area contributed by atoms with Gasteiger partial charge in [0.1, 0.15) is 10.6 Å². The van der Waals surface area contributed by atoms with Crippen LogP contribution in [0.4, 0.5) is 5.00 Å². The summed E-state index contributed by atoms with van der Waals surface area (Å²) < 4.78 is 4.96. The smallest absolute Gasteiger partial charge is 0.341 e. The average molecular weight is 372 g/mol. The first-order chi connectivity index (χ1) is 12.6. The summed E-state index contributed by atoms with van der Waals surface area (Å²) in [5, 5.41) is 5.36. The Morgan fingerprint density at radius 1 is 1.15 bits per heavy atom. The van der Waals surface area contributed by atoms with Gasteiger partial charge in [0.25, 0.3) is 0 Å². The van der Waals surface area contributed by atoms with Crippen LogP contribution in [0.2, 0.25) is 0 Å². The minimum atomic E-state index is -0.435. The fraction of sp³-hybridized carbons (Fsp3) is 0.400. The van der Waals surface area contributed by atoms with E-state index in [1.54, 1.807) is 0 Å². The van der Waals surface area contributed by atoms with Crippen molar-refractivity contribution in [3.63, 3.8) is 0 Å². The number of carbonyl (C=O) groups is 2. The van der Waals surface area contributed by atoms with E-state index in [-0.39, 0.29) is 5.91 Å². The lowest BCUT2D eigenvalue weighted by Gasteiger charge is -2.25. The monoisotopic (exact) mass is 372 g/mol. The van der Waals surface area contributed by atoms with E-state index in [1.807, 2.05) is 36.6 Å².